The van der Waals surface area contributed by atoms with Gasteiger partial charge in [-0.15, -0.1) is 0 Å². The second-order valence-electron chi connectivity index (χ2n) is 10.5. The van der Waals surface area contributed by atoms with Gasteiger partial charge in [-0.25, -0.2) is 4.98 Å². The van der Waals surface area contributed by atoms with Crippen molar-refractivity contribution in [3.8, 4) is 0 Å². The van der Waals surface area contributed by atoms with E-state index in [4.69, 9.17) is 10.2 Å². The summed E-state index contributed by atoms with van der Waals surface area (Å²) in [5.41, 5.74) is 7.45. The number of amides is 1. The standard InChI is InChI=1S/C28H40N2O3/c1-2-11-21(26(31)28-30-23-16-9-10-17-24(23)33-28)25(20-14-7-4-8-15-20)22(27(29)32)18-19-12-5-3-6-13-19/h9-10,16-17,19-22,25H,2-8,11-15,18H2,1H3,(H2,29,32). The molecule has 2 fully saturated rings. The van der Waals surface area contributed by atoms with E-state index in [0.717, 1.165) is 32.1 Å². The summed E-state index contributed by atoms with van der Waals surface area (Å²) in [4.78, 5) is 31.4. The van der Waals surface area contributed by atoms with Crippen LogP contribution in [-0.2, 0) is 4.79 Å². The van der Waals surface area contributed by atoms with Gasteiger partial charge in [0, 0.05) is 11.8 Å². The number of hydrogen-bond acceptors (Lipinski definition) is 4. The monoisotopic (exact) mass is 452 g/mol. The molecule has 0 radical (unpaired) electrons. The van der Waals surface area contributed by atoms with Crippen LogP contribution in [0, 0.1) is 29.6 Å². The highest BCUT2D eigenvalue weighted by molar-refractivity contribution is 5.96. The number of para-hydroxylation sites is 2. The minimum absolute atomic E-state index is 0.0211. The molecule has 2 saturated carbocycles. The molecule has 33 heavy (non-hydrogen) atoms. The summed E-state index contributed by atoms with van der Waals surface area (Å²) < 4.78 is 5.91. The first kappa shape index (κ1) is 24.0. The first-order chi connectivity index (χ1) is 16.1. The molecular weight excluding hydrogens is 412 g/mol. The Kier molecular flexibility index (Phi) is 8.21. The number of ketones is 1. The van der Waals surface area contributed by atoms with Gasteiger partial charge in [0.2, 0.25) is 11.7 Å². The highest BCUT2D eigenvalue weighted by atomic mass is 16.4. The van der Waals surface area contributed by atoms with Crippen molar-refractivity contribution in [2.75, 3.05) is 0 Å². The van der Waals surface area contributed by atoms with Gasteiger partial charge in [0.25, 0.3) is 5.89 Å². The average molecular weight is 453 g/mol. The second kappa shape index (κ2) is 11.3. The molecule has 180 valence electrons. The SMILES string of the molecule is CCCC(C(=O)c1nc2ccccc2o1)C(C1CCCCC1)C(CC1CCCCC1)C(N)=O. The summed E-state index contributed by atoms with van der Waals surface area (Å²) >= 11 is 0. The Morgan fingerprint density at radius 3 is 2.30 bits per heavy atom. The van der Waals surface area contributed by atoms with Gasteiger partial charge in [-0.3, -0.25) is 9.59 Å². The molecule has 5 heteroatoms. The van der Waals surface area contributed by atoms with Crippen molar-refractivity contribution >= 4 is 22.8 Å². The zero-order chi connectivity index (χ0) is 23.2. The molecular formula is C28H40N2O3. The van der Waals surface area contributed by atoms with E-state index < -0.39 is 0 Å². The number of aromatic nitrogens is 1. The van der Waals surface area contributed by atoms with Crippen LogP contribution < -0.4 is 5.73 Å². The first-order valence-corrected chi connectivity index (χ1v) is 13.3. The molecule has 4 rings (SSSR count). The largest absolute Gasteiger partial charge is 0.434 e. The number of nitrogens with two attached hydrogens (primary N) is 1. The number of hydrogen-bond donors (Lipinski definition) is 1. The van der Waals surface area contributed by atoms with Crippen LogP contribution in [0.3, 0.4) is 0 Å². The van der Waals surface area contributed by atoms with Crippen LogP contribution in [0.15, 0.2) is 28.7 Å². The predicted molar refractivity (Wildman–Crippen MR) is 131 cm³/mol. The van der Waals surface area contributed by atoms with Crippen molar-refractivity contribution in [3.05, 3.63) is 30.2 Å². The zero-order valence-corrected chi connectivity index (χ0v) is 20.1. The molecule has 2 aliphatic carbocycles. The molecule has 0 saturated heterocycles. The molecule has 1 amide bonds. The molecule has 2 aliphatic rings. The quantitative estimate of drug-likeness (QED) is 0.407. The number of benzene rings is 1. The van der Waals surface area contributed by atoms with Crippen LogP contribution in [0.2, 0.25) is 0 Å². The van der Waals surface area contributed by atoms with Crippen molar-refractivity contribution in [1.82, 2.24) is 4.98 Å². The number of carbonyl (C=O) groups is 2. The molecule has 2 aromatic rings. The Morgan fingerprint density at radius 1 is 1.00 bits per heavy atom. The van der Waals surface area contributed by atoms with Crippen LogP contribution in [-0.4, -0.2) is 16.7 Å². The Balaban J connectivity index is 1.68. The highest BCUT2D eigenvalue weighted by Crippen LogP contribution is 2.44. The minimum Gasteiger partial charge on any atom is -0.434 e. The van der Waals surface area contributed by atoms with E-state index >= 15 is 0 Å². The third-order valence-electron chi connectivity index (χ3n) is 8.24. The molecule has 3 atom stereocenters. The van der Waals surface area contributed by atoms with Gasteiger partial charge < -0.3 is 10.2 Å². The average Bonchev–Trinajstić information content (AvgIpc) is 3.28. The normalized spacial score (nSPS) is 21.0. The first-order valence-electron chi connectivity index (χ1n) is 13.3. The Morgan fingerprint density at radius 2 is 1.67 bits per heavy atom. The lowest BCUT2D eigenvalue weighted by Crippen LogP contribution is -2.43. The Hall–Kier alpha value is -2.17. The van der Waals surface area contributed by atoms with Gasteiger partial charge in [-0.2, -0.15) is 0 Å². The number of Topliss-reactive ketones (excluding diaryl/α,β-unsaturated/α-hetero) is 1. The minimum atomic E-state index is -0.271. The van der Waals surface area contributed by atoms with Crippen molar-refractivity contribution in [2.24, 2.45) is 35.3 Å². The van der Waals surface area contributed by atoms with Crippen molar-refractivity contribution in [3.63, 3.8) is 0 Å². The van der Waals surface area contributed by atoms with Crippen LogP contribution in [0.5, 0.6) is 0 Å². The summed E-state index contributed by atoms with van der Waals surface area (Å²) in [5.74, 6) is 0.298. The van der Waals surface area contributed by atoms with E-state index in [1.54, 1.807) is 0 Å². The Bertz CT molecular complexity index is 891. The highest BCUT2D eigenvalue weighted by Gasteiger charge is 2.43. The van der Waals surface area contributed by atoms with E-state index in [1.165, 1.54) is 51.4 Å². The molecule has 5 nitrogen and oxygen atoms in total. The molecule has 0 bridgehead atoms. The maximum absolute atomic E-state index is 13.9. The summed E-state index contributed by atoms with van der Waals surface area (Å²) in [5, 5.41) is 0. The fraction of sp³-hybridized carbons (Fsp3) is 0.679. The van der Waals surface area contributed by atoms with Gasteiger partial charge in [0.05, 0.1) is 0 Å². The molecule has 0 aliphatic heterocycles. The number of oxazole rings is 1. The third-order valence-corrected chi connectivity index (χ3v) is 8.24. The number of rotatable bonds is 10. The maximum Gasteiger partial charge on any atom is 0.264 e. The summed E-state index contributed by atoms with van der Waals surface area (Å²) in [6.07, 6.45) is 14.3. The third kappa shape index (κ3) is 5.67. The van der Waals surface area contributed by atoms with Gasteiger partial charge in [0.15, 0.2) is 5.58 Å². The topological polar surface area (TPSA) is 86.2 Å². The van der Waals surface area contributed by atoms with Gasteiger partial charge in [-0.05, 0) is 42.7 Å². The molecule has 1 heterocycles. The van der Waals surface area contributed by atoms with Crippen molar-refractivity contribution < 1.29 is 14.0 Å². The molecule has 0 spiro atoms. The van der Waals surface area contributed by atoms with Crippen LogP contribution in [0.25, 0.3) is 11.1 Å². The number of primary amides is 1. The molecule has 1 aromatic heterocycles. The van der Waals surface area contributed by atoms with Crippen LogP contribution in [0.1, 0.15) is 101 Å². The van der Waals surface area contributed by atoms with E-state index in [9.17, 15) is 9.59 Å². The van der Waals surface area contributed by atoms with Crippen LogP contribution >= 0.6 is 0 Å². The number of fused-ring (bicyclic) bond motifs is 1. The van der Waals surface area contributed by atoms with Gasteiger partial charge in [-0.1, -0.05) is 89.7 Å². The number of nitrogens with zero attached hydrogens (tertiary/aromatic N) is 1. The Labute approximate surface area is 197 Å². The van der Waals surface area contributed by atoms with Gasteiger partial charge in [0.1, 0.15) is 5.52 Å². The van der Waals surface area contributed by atoms with Crippen LogP contribution in [0.4, 0.5) is 0 Å². The van der Waals surface area contributed by atoms with E-state index in [0.29, 0.717) is 22.9 Å². The zero-order valence-electron chi connectivity index (χ0n) is 20.1. The van der Waals surface area contributed by atoms with E-state index in [-0.39, 0.29) is 35.3 Å². The maximum atomic E-state index is 13.9. The van der Waals surface area contributed by atoms with Crippen molar-refractivity contribution in [1.29, 1.82) is 0 Å². The lowest BCUT2D eigenvalue weighted by Gasteiger charge is -2.40. The predicted octanol–water partition coefficient (Wildman–Crippen LogP) is 6.70. The fourth-order valence-corrected chi connectivity index (χ4v) is 6.65. The van der Waals surface area contributed by atoms with Crippen molar-refractivity contribution in [2.45, 2.75) is 90.4 Å². The molecule has 2 N–H and O–H groups in total. The number of carbonyl (C=O) groups excluding carboxylic acids is 2. The van der Waals surface area contributed by atoms with E-state index in [2.05, 4.69) is 11.9 Å². The summed E-state index contributed by atoms with van der Waals surface area (Å²) in [7, 11) is 0. The smallest absolute Gasteiger partial charge is 0.264 e. The lowest BCUT2D eigenvalue weighted by molar-refractivity contribution is -0.126. The van der Waals surface area contributed by atoms with E-state index in [1.807, 2.05) is 24.3 Å². The fourth-order valence-electron chi connectivity index (χ4n) is 6.65. The summed E-state index contributed by atoms with van der Waals surface area (Å²) in [6, 6.07) is 7.52. The second-order valence-corrected chi connectivity index (χ2v) is 10.5. The van der Waals surface area contributed by atoms with Gasteiger partial charge >= 0.3 is 0 Å². The molecule has 3 unspecified atom stereocenters. The lowest BCUT2D eigenvalue weighted by atomic mass is 9.63. The summed E-state index contributed by atoms with van der Waals surface area (Å²) in [6.45, 7) is 2.12. The molecule has 1 aromatic carbocycles.